The fourth-order valence-electron chi connectivity index (χ4n) is 7.00. The molecule has 4 fully saturated rings. The monoisotopic (exact) mass is 524 g/mol. The second-order valence-electron chi connectivity index (χ2n) is 10.2. The number of sulfone groups is 1. The number of halogens is 4. The fourth-order valence-corrected chi connectivity index (χ4v) is 9.82. The van der Waals surface area contributed by atoms with E-state index in [1.54, 1.807) is 0 Å². The van der Waals surface area contributed by atoms with Crippen molar-refractivity contribution in [1.82, 2.24) is 4.90 Å². The van der Waals surface area contributed by atoms with Gasteiger partial charge in [-0.1, -0.05) is 24.4 Å². The number of nitrogens with zero attached hydrogens (tertiary/aromatic N) is 1. The van der Waals surface area contributed by atoms with Gasteiger partial charge in [0.15, 0.2) is 27.3 Å². The highest BCUT2D eigenvalue weighted by molar-refractivity contribution is 7.92. The van der Waals surface area contributed by atoms with Gasteiger partial charge < -0.3 is 5.32 Å². The molecule has 4 unspecified atom stereocenters. The Balaban J connectivity index is 1.24. The third kappa shape index (κ3) is 3.23. The molecule has 4 atom stereocenters. The average Bonchev–Trinajstić information content (AvgIpc) is 3.29. The van der Waals surface area contributed by atoms with E-state index < -0.39 is 38.4 Å². The van der Waals surface area contributed by atoms with Gasteiger partial charge in [0.25, 0.3) is 5.91 Å². The van der Waals surface area contributed by atoms with Crippen LogP contribution in [0.1, 0.15) is 55.3 Å². The van der Waals surface area contributed by atoms with Crippen LogP contribution in [0, 0.1) is 22.9 Å². The van der Waals surface area contributed by atoms with Crippen molar-refractivity contribution in [3.05, 3.63) is 58.4 Å². The number of amides is 1. The van der Waals surface area contributed by atoms with Gasteiger partial charge in [-0.15, -0.1) is 0 Å². The minimum absolute atomic E-state index is 0.0298. The van der Waals surface area contributed by atoms with E-state index in [-0.39, 0.29) is 26.6 Å². The van der Waals surface area contributed by atoms with Gasteiger partial charge in [-0.05, 0) is 50.3 Å². The molecule has 4 aliphatic rings. The lowest BCUT2D eigenvalue weighted by Gasteiger charge is -2.80. The highest BCUT2D eigenvalue weighted by Gasteiger charge is 2.78. The lowest BCUT2D eigenvalue weighted by Crippen LogP contribution is -2.89. The maximum absolute atomic E-state index is 13.7. The normalized spacial score (nSPS) is 30.0. The topological polar surface area (TPSA) is 66.5 Å². The zero-order chi connectivity index (χ0) is 24.7. The first-order valence-corrected chi connectivity index (χ1v) is 13.8. The van der Waals surface area contributed by atoms with E-state index in [1.807, 2.05) is 0 Å². The summed E-state index contributed by atoms with van der Waals surface area (Å²) in [6.45, 7) is 0. The van der Waals surface area contributed by atoms with Crippen LogP contribution in [0.5, 0.6) is 0 Å². The molecule has 1 heterocycles. The summed E-state index contributed by atoms with van der Waals surface area (Å²) < 4.78 is 67.7. The number of rotatable bonds is 5. The fraction of sp³-hybridized carbons (Fsp3) is 0.480. The Labute approximate surface area is 206 Å². The molecular formula is C25H24ClF3N2O3S. The molecule has 1 N–H and O–H groups in total. The molecule has 10 heteroatoms. The molecule has 0 bridgehead atoms. The second-order valence-corrected chi connectivity index (χ2v) is 12.7. The Morgan fingerprint density at radius 1 is 1.03 bits per heavy atom. The van der Waals surface area contributed by atoms with Crippen molar-refractivity contribution in [3.63, 3.8) is 0 Å². The summed E-state index contributed by atoms with van der Waals surface area (Å²) in [6.07, 6.45) is 7.30. The second kappa shape index (κ2) is 7.95. The van der Waals surface area contributed by atoms with Gasteiger partial charge in [-0.2, -0.15) is 0 Å². The van der Waals surface area contributed by atoms with Crippen LogP contribution in [0.3, 0.4) is 0 Å². The maximum Gasteiger partial charge on any atom is 0.255 e. The lowest BCUT2D eigenvalue weighted by molar-refractivity contribution is -0.273. The first-order chi connectivity index (χ1) is 16.6. The van der Waals surface area contributed by atoms with Gasteiger partial charge in [-0.3, -0.25) is 9.69 Å². The van der Waals surface area contributed by atoms with Crippen LogP contribution < -0.4 is 5.32 Å². The molecule has 2 aromatic carbocycles. The standard InChI is InChI=1S/C25H24ClF3N2O3S/c26-16-6-5-13(24(32)30-14-10-17(27)23(29)18(28)11-14)9-19(16)35(33,34)22-12-21-25(22)8-7-20(25)31(21)15-3-1-2-4-15/h5-6,9-11,15,20-22H,1-4,7-8,12H2,(H,30,32). The maximum atomic E-state index is 13.7. The van der Waals surface area contributed by atoms with E-state index in [0.717, 1.165) is 12.8 Å². The largest absolute Gasteiger partial charge is 0.322 e. The molecule has 0 radical (unpaired) electrons. The van der Waals surface area contributed by atoms with Gasteiger partial charge in [0, 0.05) is 46.9 Å². The van der Waals surface area contributed by atoms with E-state index >= 15 is 0 Å². The van der Waals surface area contributed by atoms with E-state index in [1.165, 1.54) is 43.9 Å². The van der Waals surface area contributed by atoms with Gasteiger partial charge in [0.1, 0.15) is 0 Å². The Morgan fingerprint density at radius 2 is 1.71 bits per heavy atom. The lowest BCUT2D eigenvalue weighted by atomic mass is 9.42. The smallest absolute Gasteiger partial charge is 0.255 e. The molecule has 6 rings (SSSR count). The van der Waals surface area contributed by atoms with E-state index in [9.17, 15) is 26.4 Å². The number of benzene rings is 2. The molecule has 35 heavy (non-hydrogen) atoms. The Morgan fingerprint density at radius 3 is 2.31 bits per heavy atom. The van der Waals surface area contributed by atoms with Crippen molar-refractivity contribution in [2.75, 3.05) is 5.32 Å². The molecule has 3 saturated carbocycles. The summed E-state index contributed by atoms with van der Waals surface area (Å²) in [5, 5.41) is 1.78. The summed E-state index contributed by atoms with van der Waals surface area (Å²) in [4.78, 5) is 15.2. The van der Waals surface area contributed by atoms with E-state index in [4.69, 9.17) is 11.6 Å². The van der Waals surface area contributed by atoms with Crippen molar-refractivity contribution in [1.29, 1.82) is 0 Å². The summed E-state index contributed by atoms with van der Waals surface area (Å²) in [7, 11) is -3.81. The van der Waals surface area contributed by atoms with Gasteiger partial charge >= 0.3 is 0 Å². The molecule has 186 valence electrons. The quantitative estimate of drug-likeness (QED) is 0.537. The minimum atomic E-state index is -3.81. The van der Waals surface area contributed by atoms with Crippen LogP contribution in [-0.2, 0) is 9.84 Å². The predicted octanol–water partition coefficient (Wildman–Crippen LogP) is 5.33. The number of carbonyl (C=O) groups is 1. The zero-order valence-corrected chi connectivity index (χ0v) is 20.3. The molecule has 0 aromatic heterocycles. The van der Waals surface area contributed by atoms with Crippen molar-refractivity contribution in [2.45, 2.75) is 73.2 Å². The Hall–Kier alpha value is -2.10. The summed E-state index contributed by atoms with van der Waals surface area (Å²) in [5.41, 5.74) is -0.533. The first-order valence-electron chi connectivity index (χ1n) is 11.9. The van der Waals surface area contributed by atoms with Crippen molar-refractivity contribution < 1.29 is 26.4 Å². The predicted molar refractivity (Wildman–Crippen MR) is 125 cm³/mol. The van der Waals surface area contributed by atoms with E-state index in [2.05, 4.69) is 10.2 Å². The van der Waals surface area contributed by atoms with Crippen LogP contribution in [-0.4, -0.2) is 42.6 Å². The number of likely N-dealkylation sites (tertiary alicyclic amines) is 1. The number of anilines is 1. The zero-order valence-electron chi connectivity index (χ0n) is 18.7. The number of nitrogens with one attached hydrogen (secondary N) is 1. The summed E-state index contributed by atoms with van der Waals surface area (Å²) in [5.74, 6) is -5.31. The van der Waals surface area contributed by atoms with Crippen LogP contribution in [0.25, 0.3) is 0 Å². The molecule has 1 spiro atoms. The van der Waals surface area contributed by atoms with Crippen LogP contribution in [0.2, 0.25) is 5.02 Å². The van der Waals surface area contributed by atoms with Gasteiger partial charge in [0.2, 0.25) is 0 Å². The Kier molecular flexibility index (Phi) is 5.29. The van der Waals surface area contributed by atoms with E-state index in [0.29, 0.717) is 36.7 Å². The third-order valence-corrected chi connectivity index (χ3v) is 11.5. The van der Waals surface area contributed by atoms with Crippen LogP contribution in [0.15, 0.2) is 35.2 Å². The van der Waals surface area contributed by atoms with Crippen LogP contribution in [0.4, 0.5) is 18.9 Å². The summed E-state index contributed by atoms with van der Waals surface area (Å²) >= 11 is 6.30. The van der Waals surface area contributed by atoms with Gasteiger partial charge in [-0.25, -0.2) is 21.6 Å². The first kappa shape index (κ1) is 23.3. The average molecular weight is 525 g/mol. The molecular weight excluding hydrogens is 501 g/mol. The number of hydrogen-bond donors (Lipinski definition) is 1. The van der Waals surface area contributed by atoms with Crippen molar-refractivity contribution in [2.24, 2.45) is 5.41 Å². The highest BCUT2D eigenvalue weighted by Crippen LogP contribution is 2.71. The number of carbonyl (C=O) groups excluding carboxylic acids is 1. The van der Waals surface area contributed by atoms with Crippen molar-refractivity contribution >= 4 is 33.0 Å². The van der Waals surface area contributed by atoms with Gasteiger partial charge in [0.05, 0.1) is 15.2 Å². The minimum Gasteiger partial charge on any atom is -0.322 e. The number of piperidine rings is 2. The molecule has 3 aliphatic carbocycles. The Bertz CT molecular complexity index is 1320. The number of hydrogen-bond acceptors (Lipinski definition) is 4. The molecule has 2 aromatic rings. The highest BCUT2D eigenvalue weighted by atomic mass is 35.5. The third-order valence-electron chi connectivity index (χ3n) is 8.71. The van der Waals surface area contributed by atoms with Crippen molar-refractivity contribution in [3.8, 4) is 0 Å². The molecule has 1 saturated heterocycles. The van der Waals surface area contributed by atoms with Crippen LogP contribution >= 0.6 is 11.6 Å². The molecule has 1 aliphatic heterocycles. The summed E-state index contributed by atoms with van der Waals surface area (Å²) in [6, 6.07) is 6.38. The molecule has 1 amide bonds. The molecule has 5 nitrogen and oxygen atoms in total. The SMILES string of the molecule is O=C(Nc1cc(F)c(F)c(F)c1)c1ccc(Cl)c(S(=O)(=O)C2CC3N(C4CCCC4)C4CCC432)c1.